The van der Waals surface area contributed by atoms with Crippen molar-refractivity contribution in [3.05, 3.63) is 24.8 Å². The SMILES string of the molecule is C=CC(=C)C(=O)NC1CC(C)(C)NC(C)(C)C1. The third kappa shape index (κ3) is 4.00. The molecule has 2 N–H and O–H groups in total. The average molecular weight is 236 g/mol. The van der Waals surface area contributed by atoms with Crippen LogP contribution in [0.25, 0.3) is 0 Å². The van der Waals surface area contributed by atoms with Gasteiger partial charge in [0.2, 0.25) is 0 Å². The number of hydrogen-bond acceptors (Lipinski definition) is 2. The van der Waals surface area contributed by atoms with Gasteiger partial charge in [0.15, 0.2) is 0 Å². The van der Waals surface area contributed by atoms with Crippen LogP contribution in [-0.4, -0.2) is 23.0 Å². The van der Waals surface area contributed by atoms with E-state index in [1.54, 1.807) is 0 Å². The van der Waals surface area contributed by atoms with Crippen molar-refractivity contribution in [3.8, 4) is 0 Å². The molecule has 1 aliphatic heterocycles. The van der Waals surface area contributed by atoms with Gasteiger partial charge in [-0.15, -0.1) is 0 Å². The first-order valence-electron chi connectivity index (χ1n) is 6.07. The minimum absolute atomic E-state index is 0.0369. The van der Waals surface area contributed by atoms with Gasteiger partial charge < -0.3 is 10.6 Å². The Hall–Kier alpha value is -1.09. The van der Waals surface area contributed by atoms with Gasteiger partial charge in [0.05, 0.1) is 0 Å². The molecule has 1 aliphatic rings. The Kier molecular flexibility index (Phi) is 3.82. The second kappa shape index (κ2) is 4.65. The van der Waals surface area contributed by atoms with E-state index < -0.39 is 0 Å². The zero-order chi connectivity index (χ0) is 13.3. The molecule has 0 aliphatic carbocycles. The molecule has 0 saturated carbocycles. The highest BCUT2D eigenvalue weighted by Crippen LogP contribution is 2.28. The van der Waals surface area contributed by atoms with Gasteiger partial charge in [0, 0.05) is 22.7 Å². The van der Waals surface area contributed by atoms with E-state index in [0.29, 0.717) is 5.57 Å². The second-order valence-electron chi connectivity index (χ2n) is 6.20. The molecule has 1 saturated heterocycles. The van der Waals surface area contributed by atoms with Gasteiger partial charge >= 0.3 is 0 Å². The zero-order valence-electron chi connectivity index (χ0n) is 11.4. The quantitative estimate of drug-likeness (QED) is 0.582. The summed E-state index contributed by atoms with van der Waals surface area (Å²) in [6.45, 7) is 15.9. The topological polar surface area (TPSA) is 41.1 Å². The van der Waals surface area contributed by atoms with E-state index in [-0.39, 0.29) is 23.0 Å². The summed E-state index contributed by atoms with van der Waals surface area (Å²) in [6.07, 6.45) is 3.34. The predicted octanol–water partition coefficient (Wildman–Crippen LogP) is 2.15. The summed E-state index contributed by atoms with van der Waals surface area (Å²) in [7, 11) is 0. The molecule has 0 aromatic rings. The molecule has 0 aromatic carbocycles. The molecule has 0 unspecified atom stereocenters. The number of hydrogen-bond donors (Lipinski definition) is 2. The van der Waals surface area contributed by atoms with E-state index in [0.717, 1.165) is 12.8 Å². The summed E-state index contributed by atoms with van der Waals surface area (Å²) in [5.41, 5.74) is 0.504. The van der Waals surface area contributed by atoms with Crippen molar-refractivity contribution in [1.29, 1.82) is 0 Å². The third-order valence-corrected chi connectivity index (χ3v) is 3.06. The number of amides is 1. The molecule has 0 bridgehead atoms. The maximum Gasteiger partial charge on any atom is 0.250 e. The summed E-state index contributed by atoms with van der Waals surface area (Å²) in [6, 6.07) is 0.186. The predicted molar refractivity (Wildman–Crippen MR) is 71.8 cm³/mol. The molecule has 3 nitrogen and oxygen atoms in total. The molecule has 96 valence electrons. The van der Waals surface area contributed by atoms with Crippen LogP contribution in [0, 0.1) is 0 Å². The van der Waals surface area contributed by atoms with Crippen molar-refractivity contribution >= 4 is 5.91 Å². The minimum Gasteiger partial charge on any atom is -0.349 e. The van der Waals surface area contributed by atoms with Gasteiger partial charge in [-0.25, -0.2) is 0 Å². The lowest BCUT2D eigenvalue weighted by Gasteiger charge is -2.46. The summed E-state index contributed by atoms with van der Waals surface area (Å²) in [5.74, 6) is -0.112. The van der Waals surface area contributed by atoms with Gasteiger partial charge in [-0.2, -0.15) is 0 Å². The highest BCUT2D eigenvalue weighted by atomic mass is 16.1. The van der Waals surface area contributed by atoms with Crippen LogP contribution in [0.2, 0.25) is 0 Å². The Labute approximate surface area is 104 Å². The standard InChI is InChI=1S/C14H24N2O/c1-7-10(2)12(17)15-11-8-13(3,4)16-14(5,6)9-11/h7,11,16H,1-2,8-9H2,3-6H3,(H,15,17). The smallest absolute Gasteiger partial charge is 0.250 e. The zero-order valence-corrected chi connectivity index (χ0v) is 11.4. The number of carbonyl (C=O) groups excluding carboxylic acids is 1. The third-order valence-electron chi connectivity index (χ3n) is 3.06. The second-order valence-corrected chi connectivity index (χ2v) is 6.20. The van der Waals surface area contributed by atoms with E-state index in [2.05, 4.69) is 51.5 Å². The van der Waals surface area contributed by atoms with Crippen molar-refractivity contribution < 1.29 is 4.79 Å². The summed E-state index contributed by atoms with van der Waals surface area (Å²) < 4.78 is 0. The van der Waals surface area contributed by atoms with Crippen LogP contribution >= 0.6 is 0 Å². The van der Waals surface area contributed by atoms with E-state index in [1.807, 2.05) is 0 Å². The average Bonchev–Trinajstić information content (AvgIpc) is 2.11. The molecular formula is C14H24N2O. The fourth-order valence-corrected chi connectivity index (χ4v) is 2.80. The molecule has 0 atom stereocenters. The highest BCUT2D eigenvalue weighted by Gasteiger charge is 2.38. The van der Waals surface area contributed by atoms with Crippen molar-refractivity contribution in [2.24, 2.45) is 0 Å². The van der Waals surface area contributed by atoms with Crippen molar-refractivity contribution in [1.82, 2.24) is 10.6 Å². The first-order valence-corrected chi connectivity index (χ1v) is 6.07. The molecule has 17 heavy (non-hydrogen) atoms. The molecule has 1 amide bonds. The largest absolute Gasteiger partial charge is 0.349 e. The fraction of sp³-hybridized carbons (Fsp3) is 0.643. The van der Waals surface area contributed by atoms with Crippen molar-refractivity contribution in [2.45, 2.75) is 57.7 Å². The lowest BCUT2D eigenvalue weighted by atomic mass is 9.79. The van der Waals surface area contributed by atoms with Crippen LogP contribution in [0.4, 0.5) is 0 Å². The van der Waals surface area contributed by atoms with E-state index >= 15 is 0 Å². The maximum atomic E-state index is 11.8. The molecule has 1 heterocycles. The Morgan fingerprint density at radius 2 is 1.76 bits per heavy atom. The monoisotopic (exact) mass is 236 g/mol. The Balaban J connectivity index is 2.69. The molecule has 0 aromatic heterocycles. The summed E-state index contributed by atoms with van der Waals surface area (Å²) >= 11 is 0. The van der Waals surface area contributed by atoms with E-state index in [1.165, 1.54) is 6.08 Å². The molecule has 1 fully saturated rings. The minimum atomic E-state index is -0.112. The van der Waals surface area contributed by atoms with Crippen molar-refractivity contribution in [2.75, 3.05) is 0 Å². The van der Waals surface area contributed by atoms with Gasteiger partial charge in [-0.3, -0.25) is 4.79 Å². The van der Waals surface area contributed by atoms with Crippen LogP contribution in [0.3, 0.4) is 0 Å². The molecular weight excluding hydrogens is 212 g/mol. The van der Waals surface area contributed by atoms with Crippen LogP contribution in [0.5, 0.6) is 0 Å². The summed E-state index contributed by atoms with van der Waals surface area (Å²) in [5, 5.41) is 6.62. The number of nitrogens with one attached hydrogen (secondary N) is 2. The van der Waals surface area contributed by atoms with Crippen LogP contribution in [0.15, 0.2) is 24.8 Å². The van der Waals surface area contributed by atoms with E-state index in [4.69, 9.17) is 0 Å². The Morgan fingerprint density at radius 1 is 1.29 bits per heavy atom. The lowest BCUT2D eigenvalue weighted by Crippen LogP contribution is -2.62. The number of rotatable bonds is 3. The summed E-state index contributed by atoms with van der Waals surface area (Å²) in [4.78, 5) is 11.8. The first-order chi connectivity index (χ1) is 7.65. The molecule has 1 rings (SSSR count). The number of carbonyl (C=O) groups is 1. The Bertz CT molecular complexity index is 326. The van der Waals surface area contributed by atoms with E-state index in [9.17, 15) is 4.79 Å². The normalized spacial score (nSPS) is 22.8. The van der Waals surface area contributed by atoms with Gasteiger partial charge in [-0.1, -0.05) is 19.2 Å². The van der Waals surface area contributed by atoms with Crippen molar-refractivity contribution in [3.63, 3.8) is 0 Å². The lowest BCUT2D eigenvalue weighted by molar-refractivity contribution is -0.118. The first kappa shape index (κ1) is 14.0. The van der Waals surface area contributed by atoms with Crippen LogP contribution < -0.4 is 10.6 Å². The Morgan fingerprint density at radius 3 is 2.18 bits per heavy atom. The van der Waals surface area contributed by atoms with Crippen LogP contribution in [-0.2, 0) is 4.79 Å². The van der Waals surface area contributed by atoms with Gasteiger partial charge in [0.25, 0.3) is 5.91 Å². The highest BCUT2D eigenvalue weighted by molar-refractivity contribution is 5.95. The number of piperidine rings is 1. The van der Waals surface area contributed by atoms with Gasteiger partial charge in [-0.05, 0) is 40.5 Å². The fourth-order valence-electron chi connectivity index (χ4n) is 2.80. The van der Waals surface area contributed by atoms with Gasteiger partial charge in [0.1, 0.15) is 0 Å². The molecule has 0 spiro atoms. The van der Waals surface area contributed by atoms with Crippen LogP contribution in [0.1, 0.15) is 40.5 Å². The molecule has 3 heteroatoms. The molecule has 0 radical (unpaired) electrons. The maximum absolute atomic E-state index is 11.8.